The van der Waals surface area contributed by atoms with Gasteiger partial charge in [0.15, 0.2) is 11.5 Å². The molecule has 29 heavy (non-hydrogen) atoms. The molecular formula is C20H20N4O5. The number of anilines is 2. The lowest BCUT2D eigenvalue weighted by molar-refractivity contribution is 0.262. The summed E-state index contributed by atoms with van der Waals surface area (Å²) < 4.78 is 16.9. The van der Waals surface area contributed by atoms with Crippen LogP contribution in [0.4, 0.5) is 16.3 Å². The molecule has 9 nitrogen and oxygen atoms in total. The van der Waals surface area contributed by atoms with Crippen LogP contribution in [0.15, 0.2) is 59.7 Å². The van der Waals surface area contributed by atoms with Gasteiger partial charge in [-0.2, -0.15) is 0 Å². The van der Waals surface area contributed by atoms with E-state index in [0.717, 1.165) is 0 Å². The Hall–Kier alpha value is -4.01. The number of urea groups is 1. The van der Waals surface area contributed by atoms with Crippen molar-refractivity contribution in [3.63, 3.8) is 0 Å². The molecule has 2 amide bonds. The quantitative estimate of drug-likeness (QED) is 0.664. The molecule has 0 bridgehead atoms. The molecule has 0 radical (unpaired) electrons. The monoisotopic (exact) mass is 396 g/mol. The van der Waals surface area contributed by atoms with Crippen molar-refractivity contribution in [3.8, 4) is 22.9 Å². The van der Waals surface area contributed by atoms with E-state index in [2.05, 4.69) is 15.6 Å². The number of amides is 2. The van der Waals surface area contributed by atoms with Gasteiger partial charge < -0.3 is 19.5 Å². The number of benzene rings is 2. The molecule has 3 rings (SSSR count). The van der Waals surface area contributed by atoms with E-state index in [1.165, 1.54) is 38.3 Å². The van der Waals surface area contributed by atoms with Crippen LogP contribution in [0.2, 0.25) is 0 Å². The van der Waals surface area contributed by atoms with E-state index in [4.69, 9.17) is 14.2 Å². The number of ether oxygens (including phenoxy) is 3. The fourth-order valence-electron chi connectivity index (χ4n) is 2.65. The second-order valence-electron chi connectivity index (χ2n) is 5.80. The van der Waals surface area contributed by atoms with Crippen LogP contribution in [-0.2, 0) is 0 Å². The Balaban J connectivity index is 1.83. The molecule has 0 saturated carbocycles. The zero-order chi connectivity index (χ0) is 20.8. The molecule has 2 N–H and O–H groups in total. The van der Waals surface area contributed by atoms with E-state index in [1.807, 2.05) is 0 Å². The molecule has 0 unspecified atom stereocenters. The van der Waals surface area contributed by atoms with Gasteiger partial charge in [0.25, 0.3) is 5.56 Å². The Kier molecular flexibility index (Phi) is 5.98. The lowest BCUT2D eigenvalue weighted by Gasteiger charge is -2.12. The summed E-state index contributed by atoms with van der Waals surface area (Å²) >= 11 is 0. The maximum absolute atomic E-state index is 12.8. The van der Waals surface area contributed by atoms with Crippen LogP contribution in [0.1, 0.15) is 0 Å². The van der Waals surface area contributed by atoms with E-state index < -0.39 is 11.6 Å². The van der Waals surface area contributed by atoms with E-state index in [9.17, 15) is 9.59 Å². The van der Waals surface area contributed by atoms with Crippen molar-refractivity contribution >= 4 is 17.5 Å². The zero-order valence-electron chi connectivity index (χ0n) is 16.1. The Morgan fingerprint density at radius 3 is 2.48 bits per heavy atom. The second-order valence-corrected chi connectivity index (χ2v) is 5.80. The minimum absolute atomic E-state index is 0.123. The number of nitrogens with zero attached hydrogens (tertiary/aromatic N) is 2. The van der Waals surface area contributed by atoms with Crippen LogP contribution in [-0.4, -0.2) is 36.9 Å². The summed E-state index contributed by atoms with van der Waals surface area (Å²) in [6.45, 7) is 0. The maximum atomic E-state index is 12.8. The molecule has 1 heterocycles. The highest BCUT2D eigenvalue weighted by Crippen LogP contribution is 2.28. The number of hydrogen-bond donors (Lipinski definition) is 2. The Bertz CT molecular complexity index is 1080. The standard InChI is InChI=1S/C20H20N4O5/c1-27-15-6-4-5-13(11-15)22-20(26)23-18-19(25)24(10-9-21-18)14-7-8-16(28-2)17(12-14)29-3/h4-12H,1-3H3,(H2,21,22,23,26). The highest BCUT2D eigenvalue weighted by molar-refractivity contribution is 5.99. The van der Waals surface area contributed by atoms with Gasteiger partial charge >= 0.3 is 6.03 Å². The summed E-state index contributed by atoms with van der Waals surface area (Å²) in [6, 6.07) is 11.3. The minimum Gasteiger partial charge on any atom is -0.497 e. The van der Waals surface area contributed by atoms with Gasteiger partial charge in [-0.25, -0.2) is 9.78 Å². The van der Waals surface area contributed by atoms with Crippen LogP contribution in [0, 0.1) is 0 Å². The molecule has 150 valence electrons. The first-order valence-electron chi connectivity index (χ1n) is 8.58. The lowest BCUT2D eigenvalue weighted by Crippen LogP contribution is -2.28. The first-order valence-corrected chi connectivity index (χ1v) is 8.58. The minimum atomic E-state index is -0.604. The SMILES string of the molecule is COc1cccc(NC(=O)Nc2nccn(-c3ccc(OC)c(OC)c3)c2=O)c1. The first kappa shape index (κ1) is 19.7. The summed E-state index contributed by atoms with van der Waals surface area (Å²) in [7, 11) is 4.57. The predicted molar refractivity (Wildman–Crippen MR) is 109 cm³/mol. The van der Waals surface area contributed by atoms with Gasteiger partial charge in [0.1, 0.15) is 5.75 Å². The van der Waals surface area contributed by atoms with Crippen molar-refractivity contribution < 1.29 is 19.0 Å². The predicted octanol–water partition coefficient (Wildman–Crippen LogP) is 2.90. The fraction of sp³-hybridized carbons (Fsp3) is 0.150. The van der Waals surface area contributed by atoms with Crippen molar-refractivity contribution in [2.24, 2.45) is 0 Å². The van der Waals surface area contributed by atoms with Gasteiger partial charge in [-0.05, 0) is 24.3 Å². The Morgan fingerprint density at radius 1 is 0.966 bits per heavy atom. The molecule has 0 saturated heterocycles. The smallest absolute Gasteiger partial charge is 0.325 e. The number of methoxy groups -OCH3 is 3. The van der Waals surface area contributed by atoms with Crippen molar-refractivity contribution in [1.82, 2.24) is 9.55 Å². The summed E-state index contributed by atoms with van der Waals surface area (Å²) in [5.74, 6) is 1.48. The van der Waals surface area contributed by atoms with Crippen LogP contribution < -0.4 is 30.4 Å². The first-order chi connectivity index (χ1) is 14.0. The highest BCUT2D eigenvalue weighted by atomic mass is 16.5. The molecule has 2 aromatic carbocycles. The summed E-state index contributed by atoms with van der Waals surface area (Å²) in [6.07, 6.45) is 2.91. The molecule has 0 spiro atoms. The molecule has 0 aliphatic carbocycles. The average Bonchev–Trinajstić information content (AvgIpc) is 2.74. The van der Waals surface area contributed by atoms with Gasteiger partial charge in [0.05, 0.1) is 27.0 Å². The molecule has 0 aliphatic heterocycles. The number of nitrogens with one attached hydrogen (secondary N) is 2. The van der Waals surface area contributed by atoms with Crippen molar-refractivity contribution in [1.29, 1.82) is 0 Å². The highest BCUT2D eigenvalue weighted by Gasteiger charge is 2.12. The zero-order valence-corrected chi connectivity index (χ0v) is 16.1. The third kappa shape index (κ3) is 4.46. The third-order valence-corrected chi connectivity index (χ3v) is 4.05. The second kappa shape index (κ2) is 8.79. The van der Waals surface area contributed by atoms with Crippen LogP contribution >= 0.6 is 0 Å². The Labute approximate surface area is 166 Å². The van der Waals surface area contributed by atoms with Gasteiger partial charge in [0, 0.05) is 30.2 Å². The lowest BCUT2D eigenvalue weighted by atomic mass is 10.2. The van der Waals surface area contributed by atoms with Crippen molar-refractivity contribution in [2.75, 3.05) is 32.0 Å². The van der Waals surface area contributed by atoms with Crippen LogP contribution in [0.25, 0.3) is 5.69 Å². The molecule has 0 aliphatic rings. The molecule has 0 atom stereocenters. The summed E-state index contributed by atoms with van der Waals surface area (Å²) in [5.41, 5.74) is 0.546. The average molecular weight is 396 g/mol. The van der Waals surface area contributed by atoms with Gasteiger partial charge in [-0.1, -0.05) is 6.07 Å². The summed E-state index contributed by atoms with van der Waals surface area (Å²) in [5, 5.41) is 5.10. The Morgan fingerprint density at radius 2 is 1.76 bits per heavy atom. The van der Waals surface area contributed by atoms with E-state index >= 15 is 0 Å². The normalized spacial score (nSPS) is 10.2. The molecule has 0 fully saturated rings. The number of carbonyl (C=O) groups excluding carboxylic acids is 1. The van der Waals surface area contributed by atoms with Crippen LogP contribution in [0.5, 0.6) is 17.2 Å². The molecular weight excluding hydrogens is 376 g/mol. The van der Waals surface area contributed by atoms with Crippen molar-refractivity contribution in [3.05, 3.63) is 65.2 Å². The molecule has 1 aromatic heterocycles. The number of aromatic nitrogens is 2. The summed E-state index contributed by atoms with van der Waals surface area (Å²) in [4.78, 5) is 29.0. The van der Waals surface area contributed by atoms with Gasteiger partial charge in [0.2, 0.25) is 5.82 Å². The topological polar surface area (TPSA) is 104 Å². The number of hydrogen-bond acceptors (Lipinski definition) is 6. The maximum Gasteiger partial charge on any atom is 0.325 e. The van der Waals surface area contributed by atoms with E-state index in [1.54, 1.807) is 42.5 Å². The molecule has 3 aromatic rings. The van der Waals surface area contributed by atoms with Crippen molar-refractivity contribution in [2.45, 2.75) is 0 Å². The largest absolute Gasteiger partial charge is 0.497 e. The van der Waals surface area contributed by atoms with Gasteiger partial charge in [-0.3, -0.25) is 14.7 Å². The van der Waals surface area contributed by atoms with Crippen LogP contribution in [0.3, 0.4) is 0 Å². The molecule has 9 heteroatoms. The number of carbonyl (C=O) groups is 1. The fourth-order valence-corrected chi connectivity index (χ4v) is 2.65. The third-order valence-electron chi connectivity index (χ3n) is 4.05. The number of rotatable bonds is 6. The van der Waals surface area contributed by atoms with E-state index in [0.29, 0.717) is 28.6 Å². The van der Waals surface area contributed by atoms with E-state index in [-0.39, 0.29) is 5.82 Å². The van der Waals surface area contributed by atoms with Gasteiger partial charge in [-0.15, -0.1) is 0 Å².